The zero-order valence-electron chi connectivity index (χ0n) is 11.3. The van der Waals surface area contributed by atoms with Crippen molar-refractivity contribution in [2.75, 3.05) is 0 Å². The molecule has 1 saturated carbocycles. The number of carbonyl (C=O) groups is 2. The minimum absolute atomic E-state index is 0.0836. The summed E-state index contributed by atoms with van der Waals surface area (Å²) in [5, 5.41) is 8.46. The van der Waals surface area contributed by atoms with Gasteiger partial charge in [-0.2, -0.15) is 0 Å². The number of esters is 1. The van der Waals surface area contributed by atoms with Gasteiger partial charge in [-0.15, -0.1) is 0 Å². The van der Waals surface area contributed by atoms with E-state index < -0.39 is 11.9 Å². The van der Waals surface area contributed by atoms with Crippen LogP contribution in [0.25, 0.3) is 0 Å². The van der Waals surface area contributed by atoms with E-state index in [1.165, 1.54) is 6.42 Å². The largest absolute Gasteiger partial charge is 0.478 e. The first kappa shape index (κ1) is 14.7. The molecule has 1 aliphatic rings. The molecule has 18 heavy (non-hydrogen) atoms. The summed E-state index contributed by atoms with van der Waals surface area (Å²) in [7, 11) is 0. The number of ether oxygens (including phenoxy) is 1. The molecule has 0 spiro atoms. The molecule has 1 fully saturated rings. The number of aliphatic carboxylic acids is 1. The molecule has 0 radical (unpaired) electrons. The number of hydrogen-bond donors (Lipinski definition) is 1. The Balaban J connectivity index is 2.60. The molecule has 1 N–H and O–H groups in total. The topological polar surface area (TPSA) is 63.6 Å². The van der Waals surface area contributed by atoms with E-state index in [4.69, 9.17) is 9.84 Å². The molecule has 4 nitrogen and oxygen atoms in total. The van der Waals surface area contributed by atoms with Gasteiger partial charge >= 0.3 is 11.9 Å². The Labute approximate surface area is 108 Å². The Bertz CT molecular complexity index is 333. The van der Waals surface area contributed by atoms with Crippen LogP contribution in [0, 0.1) is 17.8 Å². The standard InChI is InChI=1S/C14H22O4/c1-9(2)11-5-4-10(3)8-12(11)18-14(17)7-6-13(15)16/h6-7,9-12H,4-5,8H2,1-3H3,(H,15,16)/b7-6-/t10-,11+,12-/m1/s1. The highest BCUT2D eigenvalue weighted by atomic mass is 16.5. The summed E-state index contributed by atoms with van der Waals surface area (Å²) in [6, 6.07) is 0. The second-order valence-corrected chi connectivity index (χ2v) is 5.47. The van der Waals surface area contributed by atoms with Gasteiger partial charge in [0.2, 0.25) is 0 Å². The maximum absolute atomic E-state index is 11.5. The van der Waals surface area contributed by atoms with Gasteiger partial charge < -0.3 is 9.84 Å². The average Bonchev–Trinajstić information content (AvgIpc) is 2.26. The van der Waals surface area contributed by atoms with Crippen LogP contribution in [0.2, 0.25) is 0 Å². The van der Waals surface area contributed by atoms with Crippen LogP contribution in [-0.4, -0.2) is 23.1 Å². The van der Waals surface area contributed by atoms with Crippen LogP contribution in [0.15, 0.2) is 12.2 Å². The average molecular weight is 254 g/mol. The maximum Gasteiger partial charge on any atom is 0.331 e. The van der Waals surface area contributed by atoms with Gasteiger partial charge in [0, 0.05) is 12.2 Å². The van der Waals surface area contributed by atoms with Gasteiger partial charge in [-0.25, -0.2) is 9.59 Å². The van der Waals surface area contributed by atoms with Gasteiger partial charge in [0.1, 0.15) is 6.10 Å². The second-order valence-electron chi connectivity index (χ2n) is 5.47. The maximum atomic E-state index is 11.5. The molecule has 0 bridgehead atoms. The second kappa shape index (κ2) is 6.57. The van der Waals surface area contributed by atoms with E-state index in [2.05, 4.69) is 20.8 Å². The molecule has 3 atom stereocenters. The van der Waals surface area contributed by atoms with Crippen LogP contribution >= 0.6 is 0 Å². The molecular formula is C14H22O4. The molecule has 1 aliphatic carbocycles. The lowest BCUT2D eigenvalue weighted by molar-refractivity contribution is -0.150. The van der Waals surface area contributed by atoms with Crippen LogP contribution in [-0.2, 0) is 14.3 Å². The van der Waals surface area contributed by atoms with Crippen LogP contribution < -0.4 is 0 Å². The van der Waals surface area contributed by atoms with Crippen molar-refractivity contribution < 1.29 is 19.4 Å². The van der Waals surface area contributed by atoms with Crippen molar-refractivity contribution in [3.63, 3.8) is 0 Å². The summed E-state index contributed by atoms with van der Waals surface area (Å²) >= 11 is 0. The fraction of sp³-hybridized carbons (Fsp3) is 0.714. The molecule has 0 aromatic rings. The lowest BCUT2D eigenvalue weighted by Gasteiger charge is -2.36. The van der Waals surface area contributed by atoms with Crippen LogP contribution in [0.1, 0.15) is 40.0 Å². The van der Waals surface area contributed by atoms with Gasteiger partial charge in [-0.1, -0.05) is 27.2 Å². The molecule has 0 heterocycles. The van der Waals surface area contributed by atoms with E-state index in [9.17, 15) is 9.59 Å². The van der Waals surface area contributed by atoms with Crippen molar-refractivity contribution in [3.05, 3.63) is 12.2 Å². The SMILES string of the molecule is CC(C)[C@@H]1CC[C@@H](C)C[C@H]1OC(=O)/C=C\C(=O)O. The van der Waals surface area contributed by atoms with Crippen LogP contribution in [0.4, 0.5) is 0 Å². The highest BCUT2D eigenvalue weighted by molar-refractivity contribution is 5.90. The number of hydrogen-bond acceptors (Lipinski definition) is 3. The monoisotopic (exact) mass is 254 g/mol. The fourth-order valence-corrected chi connectivity index (χ4v) is 2.58. The van der Waals surface area contributed by atoms with Gasteiger partial charge in [-0.3, -0.25) is 0 Å². The first-order valence-corrected chi connectivity index (χ1v) is 6.51. The lowest BCUT2D eigenvalue weighted by atomic mass is 9.75. The lowest BCUT2D eigenvalue weighted by Crippen LogP contribution is -2.35. The first-order chi connectivity index (χ1) is 8.40. The predicted molar refractivity (Wildman–Crippen MR) is 68.0 cm³/mol. The minimum atomic E-state index is -1.13. The van der Waals surface area contributed by atoms with E-state index >= 15 is 0 Å². The van der Waals surface area contributed by atoms with Crippen molar-refractivity contribution in [1.29, 1.82) is 0 Å². The minimum Gasteiger partial charge on any atom is -0.478 e. The molecule has 0 amide bonds. The van der Waals surface area contributed by atoms with E-state index in [1.807, 2.05) is 0 Å². The summed E-state index contributed by atoms with van der Waals surface area (Å²) in [6.07, 6.45) is 4.83. The summed E-state index contributed by atoms with van der Waals surface area (Å²) in [5.41, 5.74) is 0. The molecule has 1 rings (SSSR count). The third-order valence-corrected chi connectivity index (χ3v) is 3.59. The quantitative estimate of drug-likeness (QED) is 0.618. The Hall–Kier alpha value is -1.32. The van der Waals surface area contributed by atoms with E-state index in [0.717, 1.165) is 25.0 Å². The number of carboxylic acid groups (broad SMARTS) is 1. The molecule has 4 heteroatoms. The molecular weight excluding hydrogens is 232 g/mol. The first-order valence-electron chi connectivity index (χ1n) is 6.51. The van der Waals surface area contributed by atoms with Gasteiger partial charge in [-0.05, 0) is 30.6 Å². The van der Waals surface area contributed by atoms with Crippen molar-refractivity contribution in [2.45, 2.75) is 46.1 Å². The van der Waals surface area contributed by atoms with Crippen LogP contribution in [0.5, 0.6) is 0 Å². The number of carbonyl (C=O) groups excluding carboxylic acids is 1. The highest BCUT2D eigenvalue weighted by Crippen LogP contribution is 2.35. The zero-order chi connectivity index (χ0) is 13.7. The summed E-state index contributed by atoms with van der Waals surface area (Å²) in [5.74, 6) is -0.282. The fourth-order valence-electron chi connectivity index (χ4n) is 2.58. The van der Waals surface area contributed by atoms with Gasteiger partial charge in [0.25, 0.3) is 0 Å². The Morgan fingerprint density at radius 3 is 2.50 bits per heavy atom. The van der Waals surface area contributed by atoms with Crippen molar-refractivity contribution in [3.8, 4) is 0 Å². The van der Waals surface area contributed by atoms with Crippen LogP contribution in [0.3, 0.4) is 0 Å². The summed E-state index contributed by atoms with van der Waals surface area (Å²) in [4.78, 5) is 21.8. The van der Waals surface area contributed by atoms with E-state index in [0.29, 0.717) is 17.8 Å². The molecule has 0 unspecified atom stereocenters. The number of rotatable bonds is 4. The van der Waals surface area contributed by atoms with Gasteiger partial charge in [0.15, 0.2) is 0 Å². The van der Waals surface area contributed by atoms with Crippen molar-refractivity contribution in [2.24, 2.45) is 17.8 Å². The Morgan fingerprint density at radius 1 is 1.28 bits per heavy atom. The highest BCUT2D eigenvalue weighted by Gasteiger charge is 2.32. The van der Waals surface area contributed by atoms with Crippen molar-refractivity contribution in [1.82, 2.24) is 0 Å². The molecule has 0 saturated heterocycles. The van der Waals surface area contributed by atoms with Gasteiger partial charge in [0.05, 0.1) is 0 Å². The zero-order valence-corrected chi connectivity index (χ0v) is 11.3. The van der Waals surface area contributed by atoms with Crippen molar-refractivity contribution >= 4 is 11.9 Å². The van der Waals surface area contributed by atoms with E-state index in [-0.39, 0.29) is 6.10 Å². The van der Waals surface area contributed by atoms with E-state index in [1.54, 1.807) is 0 Å². The smallest absolute Gasteiger partial charge is 0.331 e. The predicted octanol–water partition coefficient (Wildman–Crippen LogP) is 2.63. The Kier molecular flexibility index (Phi) is 5.38. The third-order valence-electron chi connectivity index (χ3n) is 3.59. The molecule has 0 aromatic carbocycles. The Morgan fingerprint density at radius 2 is 1.94 bits per heavy atom. The molecule has 0 aliphatic heterocycles. The summed E-state index contributed by atoms with van der Waals surface area (Å²) in [6.45, 7) is 6.42. The third kappa shape index (κ3) is 4.51. The molecule has 102 valence electrons. The molecule has 0 aromatic heterocycles. The summed E-state index contributed by atoms with van der Waals surface area (Å²) < 4.78 is 5.40. The normalized spacial score (nSPS) is 28.6. The number of carboxylic acids is 1.